The average Bonchev–Trinajstić information content (AvgIpc) is 3.16. The summed E-state index contributed by atoms with van der Waals surface area (Å²) in [4.78, 5) is 2.38. The van der Waals surface area contributed by atoms with Gasteiger partial charge in [-0.25, -0.2) is 12.7 Å². The average molecular weight is 289 g/mol. The molecular weight excluding hydrogens is 262 g/mol. The van der Waals surface area contributed by atoms with E-state index in [-0.39, 0.29) is 0 Å². The van der Waals surface area contributed by atoms with E-state index in [1.165, 1.54) is 0 Å². The van der Waals surface area contributed by atoms with Crippen LogP contribution in [0.3, 0.4) is 0 Å². The van der Waals surface area contributed by atoms with Gasteiger partial charge in [-0.2, -0.15) is 0 Å². The summed E-state index contributed by atoms with van der Waals surface area (Å²) in [7, 11) is -3.01. The van der Waals surface area contributed by atoms with Crippen molar-refractivity contribution in [2.45, 2.75) is 32.1 Å². The normalized spacial score (nSPS) is 23.4. The summed E-state index contributed by atoms with van der Waals surface area (Å²) in [5, 5.41) is 0. The minimum atomic E-state index is -3.01. The van der Waals surface area contributed by atoms with Gasteiger partial charge in [-0.3, -0.25) is 0 Å². The highest BCUT2D eigenvalue weighted by molar-refractivity contribution is 7.89. The van der Waals surface area contributed by atoms with E-state index >= 15 is 0 Å². The van der Waals surface area contributed by atoms with Crippen LogP contribution in [0.15, 0.2) is 0 Å². The summed E-state index contributed by atoms with van der Waals surface area (Å²) in [6.45, 7) is 5.04. The minimum Gasteiger partial charge on any atom is -0.330 e. The molecule has 0 spiro atoms. The van der Waals surface area contributed by atoms with E-state index in [1.807, 2.05) is 0 Å². The monoisotopic (exact) mass is 289 g/mol. The van der Waals surface area contributed by atoms with Gasteiger partial charge in [-0.15, -0.1) is 0 Å². The van der Waals surface area contributed by atoms with Gasteiger partial charge in [0.15, 0.2) is 0 Å². The topological polar surface area (TPSA) is 66.6 Å². The number of nitrogens with zero attached hydrogens (tertiary/aromatic N) is 2. The maximum Gasteiger partial charge on any atom is 0.214 e. The predicted octanol–water partition coefficient (Wildman–Crippen LogP) is 0.473. The Morgan fingerprint density at radius 3 is 2.53 bits per heavy atom. The van der Waals surface area contributed by atoms with E-state index < -0.39 is 10.0 Å². The highest BCUT2D eigenvalue weighted by atomic mass is 32.2. The van der Waals surface area contributed by atoms with Crippen molar-refractivity contribution >= 4 is 10.0 Å². The highest BCUT2D eigenvalue weighted by Gasteiger charge is 2.32. The van der Waals surface area contributed by atoms with Crippen LogP contribution in [0.25, 0.3) is 0 Å². The van der Waals surface area contributed by atoms with E-state index in [4.69, 9.17) is 5.73 Å². The lowest BCUT2D eigenvalue weighted by molar-refractivity contribution is 0.281. The van der Waals surface area contributed by atoms with Crippen LogP contribution in [0, 0.1) is 5.92 Å². The van der Waals surface area contributed by atoms with Crippen LogP contribution in [0.4, 0.5) is 0 Å². The predicted molar refractivity (Wildman–Crippen MR) is 77.4 cm³/mol. The molecule has 1 aliphatic carbocycles. The molecule has 0 aromatic rings. The molecule has 2 rings (SSSR count). The zero-order valence-electron chi connectivity index (χ0n) is 11.8. The van der Waals surface area contributed by atoms with Gasteiger partial charge in [0.05, 0.1) is 5.75 Å². The Bertz CT molecular complexity index is 368. The van der Waals surface area contributed by atoms with Crippen LogP contribution in [0.5, 0.6) is 0 Å². The zero-order valence-corrected chi connectivity index (χ0v) is 12.6. The second-order valence-electron chi connectivity index (χ2n) is 5.81. The first-order valence-electron chi connectivity index (χ1n) is 7.52. The van der Waals surface area contributed by atoms with Crippen molar-refractivity contribution in [1.29, 1.82) is 0 Å². The third-order valence-electron chi connectivity index (χ3n) is 4.01. The van der Waals surface area contributed by atoms with Crippen LogP contribution in [0.1, 0.15) is 32.1 Å². The Hall–Kier alpha value is -0.170. The lowest BCUT2D eigenvalue weighted by atomic mass is 10.3. The first-order valence-corrected chi connectivity index (χ1v) is 9.13. The highest BCUT2D eigenvalue weighted by Crippen LogP contribution is 2.31. The fourth-order valence-corrected chi connectivity index (χ4v) is 4.52. The number of rotatable bonds is 7. The Morgan fingerprint density at radius 1 is 1.05 bits per heavy atom. The molecule has 0 radical (unpaired) electrons. The molecule has 0 aromatic carbocycles. The van der Waals surface area contributed by atoms with Crippen molar-refractivity contribution in [1.82, 2.24) is 9.21 Å². The number of hydrogen-bond acceptors (Lipinski definition) is 4. The molecule has 112 valence electrons. The molecule has 5 nitrogen and oxygen atoms in total. The summed E-state index contributed by atoms with van der Waals surface area (Å²) in [6.07, 6.45) is 5.31. The Morgan fingerprint density at radius 2 is 1.84 bits per heavy atom. The van der Waals surface area contributed by atoms with Crippen LogP contribution >= 0.6 is 0 Å². The second kappa shape index (κ2) is 7.02. The first-order chi connectivity index (χ1) is 9.12. The second-order valence-corrected chi connectivity index (χ2v) is 7.83. The van der Waals surface area contributed by atoms with Gasteiger partial charge in [-0.1, -0.05) is 0 Å². The third-order valence-corrected chi connectivity index (χ3v) is 6.06. The van der Waals surface area contributed by atoms with E-state index in [9.17, 15) is 8.42 Å². The van der Waals surface area contributed by atoms with E-state index in [2.05, 4.69) is 4.90 Å². The van der Waals surface area contributed by atoms with Crippen molar-refractivity contribution in [3.8, 4) is 0 Å². The lowest BCUT2D eigenvalue weighted by Crippen LogP contribution is -2.37. The molecular formula is C13H27N3O2S. The summed E-state index contributed by atoms with van der Waals surface area (Å²) in [5.74, 6) is 0.814. The van der Waals surface area contributed by atoms with Gasteiger partial charge in [0.1, 0.15) is 0 Å². The zero-order chi connectivity index (χ0) is 13.7. The Kier molecular flexibility index (Phi) is 5.62. The summed E-state index contributed by atoms with van der Waals surface area (Å²) in [6, 6.07) is 0. The van der Waals surface area contributed by atoms with Crippen molar-refractivity contribution in [2.75, 3.05) is 45.0 Å². The molecule has 19 heavy (non-hydrogen) atoms. The Balaban J connectivity index is 1.78. The van der Waals surface area contributed by atoms with Gasteiger partial charge < -0.3 is 10.6 Å². The van der Waals surface area contributed by atoms with E-state index in [0.717, 1.165) is 58.3 Å². The van der Waals surface area contributed by atoms with Crippen molar-refractivity contribution < 1.29 is 8.42 Å². The molecule has 0 atom stereocenters. The molecule has 1 saturated heterocycles. The third kappa shape index (κ3) is 5.02. The van der Waals surface area contributed by atoms with Crippen molar-refractivity contribution in [2.24, 2.45) is 11.7 Å². The molecule has 0 aromatic heterocycles. The molecule has 0 unspecified atom stereocenters. The molecule has 2 aliphatic rings. The van der Waals surface area contributed by atoms with Gasteiger partial charge in [0, 0.05) is 19.6 Å². The van der Waals surface area contributed by atoms with Crippen LogP contribution < -0.4 is 5.73 Å². The SMILES string of the molecule is NCCCCN1CCCN(S(=O)(=O)CC2CC2)CC1. The number of unbranched alkanes of at least 4 members (excludes halogenated alkanes) is 1. The van der Waals surface area contributed by atoms with Crippen molar-refractivity contribution in [3.63, 3.8) is 0 Å². The molecule has 0 bridgehead atoms. The van der Waals surface area contributed by atoms with E-state index in [0.29, 0.717) is 24.8 Å². The molecule has 6 heteroatoms. The lowest BCUT2D eigenvalue weighted by Gasteiger charge is -2.21. The first kappa shape index (κ1) is 15.2. The number of sulfonamides is 1. The van der Waals surface area contributed by atoms with Crippen LogP contribution in [-0.4, -0.2) is 62.6 Å². The molecule has 2 fully saturated rings. The van der Waals surface area contributed by atoms with Crippen LogP contribution in [-0.2, 0) is 10.0 Å². The van der Waals surface area contributed by atoms with Crippen LogP contribution in [0.2, 0.25) is 0 Å². The molecule has 2 N–H and O–H groups in total. The summed E-state index contributed by atoms with van der Waals surface area (Å²) < 4.78 is 26.2. The quantitative estimate of drug-likeness (QED) is 0.692. The molecule has 1 aliphatic heterocycles. The Labute approximate surface area is 117 Å². The maximum absolute atomic E-state index is 12.2. The molecule has 1 heterocycles. The smallest absolute Gasteiger partial charge is 0.214 e. The molecule has 0 amide bonds. The van der Waals surface area contributed by atoms with Gasteiger partial charge in [0.2, 0.25) is 10.0 Å². The molecule has 1 saturated carbocycles. The maximum atomic E-state index is 12.2. The number of nitrogens with two attached hydrogens (primary N) is 1. The van der Waals surface area contributed by atoms with Crippen molar-refractivity contribution in [3.05, 3.63) is 0 Å². The van der Waals surface area contributed by atoms with E-state index in [1.54, 1.807) is 4.31 Å². The standard InChI is InChI=1S/C13H27N3O2S/c14-6-1-2-7-15-8-3-9-16(11-10-15)19(17,18)12-13-4-5-13/h13H,1-12,14H2. The summed E-state index contributed by atoms with van der Waals surface area (Å²) in [5.41, 5.74) is 5.50. The van der Waals surface area contributed by atoms with Gasteiger partial charge in [0.25, 0.3) is 0 Å². The number of hydrogen-bond donors (Lipinski definition) is 1. The fourth-order valence-electron chi connectivity index (χ4n) is 2.62. The summed E-state index contributed by atoms with van der Waals surface area (Å²) >= 11 is 0. The fraction of sp³-hybridized carbons (Fsp3) is 1.00. The van der Waals surface area contributed by atoms with Gasteiger partial charge in [-0.05, 0) is 57.7 Å². The minimum absolute atomic E-state index is 0.375. The van der Waals surface area contributed by atoms with Gasteiger partial charge >= 0.3 is 0 Å². The largest absolute Gasteiger partial charge is 0.330 e.